The molecule has 1 radical (unpaired) electrons. The molecule has 0 aliphatic rings. The summed E-state index contributed by atoms with van der Waals surface area (Å²) in [5, 5.41) is 2.52. The molecule has 0 bridgehead atoms. The maximum Gasteiger partial charge on any atom is 0.0535 e. The van der Waals surface area contributed by atoms with Crippen LogP contribution in [0.1, 0.15) is 16.8 Å². The van der Waals surface area contributed by atoms with Crippen molar-refractivity contribution in [1.82, 2.24) is 4.57 Å². The van der Waals surface area contributed by atoms with Crippen LogP contribution in [-0.2, 0) is 13.5 Å². The summed E-state index contributed by atoms with van der Waals surface area (Å²) in [6.07, 6.45) is 0.692. The van der Waals surface area contributed by atoms with Gasteiger partial charge in [-0.3, -0.25) is 0 Å². The highest BCUT2D eigenvalue weighted by Gasteiger charge is 2.13. The van der Waals surface area contributed by atoms with E-state index in [1.54, 1.807) is 6.07 Å². The molecule has 2 aromatic carbocycles. The van der Waals surface area contributed by atoms with Gasteiger partial charge in [0.1, 0.15) is 0 Å². The van der Waals surface area contributed by atoms with Crippen molar-refractivity contribution in [1.29, 1.82) is 0 Å². The van der Waals surface area contributed by atoms with E-state index >= 15 is 0 Å². The molecule has 1 heterocycles. The predicted molar refractivity (Wildman–Crippen MR) is 93.5 cm³/mol. The second-order valence-electron chi connectivity index (χ2n) is 5.15. The fourth-order valence-corrected chi connectivity index (χ4v) is 3.68. The van der Waals surface area contributed by atoms with E-state index < -0.39 is 0 Å². The smallest absolute Gasteiger partial charge is 0.0535 e. The van der Waals surface area contributed by atoms with Crippen molar-refractivity contribution in [2.75, 3.05) is 0 Å². The first kappa shape index (κ1) is 15.0. The van der Waals surface area contributed by atoms with E-state index in [1.807, 2.05) is 6.07 Å². The number of aryl methyl sites for hydroxylation is 2. The first-order chi connectivity index (χ1) is 9.97. The second-order valence-corrected chi connectivity index (χ2v) is 6.85. The van der Waals surface area contributed by atoms with Crippen molar-refractivity contribution in [3.8, 4) is 0 Å². The Morgan fingerprint density at radius 2 is 2.00 bits per heavy atom. The molecule has 0 atom stereocenters. The molecule has 0 saturated carbocycles. The molecule has 4 heteroatoms. The fraction of sp³-hybridized carbons (Fsp3) is 0.176. The summed E-state index contributed by atoms with van der Waals surface area (Å²) < 4.78 is 3.27. The third-order valence-corrected chi connectivity index (χ3v) is 4.93. The maximum absolute atomic E-state index is 6.27. The van der Waals surface area contributed by atoms with Crippen LogP contribution in [0.3, 0.4) is 0 Å². The largest absolute Gasteiger partial charge is 0.347 e. The van der Waals surface area contributed by atoms with E-state index in [9.17, 15) is 0 Å². The normalized spacial score (nSPS) is 11.3. The molecule has 3 aromatic rings. The van der Waals surface area contributed by atoms with Gasteiger partial charge in [0, 0.05) is 45.6 Å². The van der Waals surface area contributed by atoms with Crippen LogP contribution in [0.15, 0.2) is 34.8 Å². The van der Waals surface area contributed by atoms with Gasteiger partial charge in [0.05, 0.1) is 5.02 Å². The highest BCUT2D eigenvalue weighted by atomic mass is 79.9. The van der Waals surface area contributed by atoms with Gasteiger partial charge < -0.3 is 4.57 Å². The number of rotatable bonds is 2. The first-order valence-corrected chi connectivity index (χ1v) is 8.11. The number of hydrogen-bond acceptors (Lipinski definition) is 0. The number of nitrogens with zero attached hydrogens (tertiary/aromatic N) is 1. The third kappa shape index (κ3) is 2.73. The molecule has 0 aliphatic carbocycles. The minimum atomic E-state index is 0.589. The number of hydrogen-bond donors (Lipinski definition) is 0. The molecule has 107 valence electrons. The monoisotopic (exact) mass is 380 g/mol. The van der Waals surface area contributed by atoms with Crippen LogP contribution in [0, 0.1) is 13.0 Å². The van der Waals surface area contributed by atoms with Gasteiger partial charge in [0.25, 0.3) is 0 Å². The number of halogens is 3. The Labute approximate surface area is 142 Å². The van der Waals surface area contributed by atoms with Crippen molar-refractivity contribution in [2.24, 2.45) is 7.05 Å². The molecular formula is C17H13BrCl2N. The van der Waals surface area contributed by atoms with Gasteiger partial charge in [0.2, 0.25) is 0 Å². The van der Waals surface area contributed by atoms with Crippen LogP contribution in [0.5, 0.6) is 0 Å². The van der Waals surface area contributed by atoms with Crippen LogP contribution in [0.25, 0.3) is 10.9 Å². The van der Waals surface area contributed by atoms with Crippen LogP contribution < -0.4 is 0 Å². The van der Waals surface area contributed by atoms with Crippen molar-refractivity contribution in [2.45, 2.75) is 13.3 Å². The van der Waals surface area contributed by atoms with Crippen molar-refractivity contribution >= 4 is 50.0 Å². The molecule has 0 fully saturated rings. The van der Waals surface area contributed by atoms with Gasteiger partial charge >= 0.3 is 0 Å². The molecular weight excluding hydrogens is 369 g/mol. The van der Waals surface area contributed by atoms with Crippen molar-refractivity contribution in [3.05, 3.63) is 67.7 Å². The number of benzene rings is 2. The second kappa shape index (κ2) is 5.68. The van der Waals surface area contributed by atoms with E-state index in [1.165, 1.54) is 22.2 Å². The first-order valence-electron chi connectivity index (χ1n) is 6.56. The quantitative estimate of drug-likeness (QED) is 0.517. The molecule has 1 aromatic heterocycles. The maximum atomic E-state index is 6.27. The Balaban J connectivity index is 2.14. The summed E-state index contributed by atoms with van der Waals surface area (Å²) in [5.41, 5.74) is 4.54. The number of aromatic nitrogens is 1. The number of fused-ring (bicyclic) bond motifs is 1. The Kier molecular flexibility index (Phi) is 4.04. The molecule has 0 spiro atoms. The summed E-state index contributed by atoms with van der Waals surface area (Å²) in [5.74, 6) is 0. The van der Waals surface area contributed by atoms with Gasteiger partial charge in [-0.05, 0) is 42.3 Å². The zero-order valence-corrected chi connectivity index (χ0v) is 14.8. The standard InChI is InChI=1S/C17H13BrCl2N/c1-10-6-11(18)7-17-13(10)8-12(21(17)2)9-14-15(19)4-3-5-16(14)20/h3-4,6-8H,9H2,1-2H3. The average Bonchev–Trinajstić information content (AvgIpc) is 2.72. The Morgan fingerprint density at radius 1 is 1.24 bits per heavy atom. The van der Waals surface area contributed by atoms with Gasteiger partial charge in [0.15, 0.2) is 0 Å². The summed E-state index contributed by atoms with van der Waals surface area (Å²) >= 11 is 16.1. The molecule has 3 rings (SSSR count). The Morgan fingerprint density at radius 3 is 2.71 bits per heavy atom. The summed E-state index contributed by atoms with van der Waals surface area (Å²) in [6, 6.07) is 13.0. The average molecular weight is 382 g/mol. The van der Waals surface area contributed by atoms with E-state index in [0.29, 0.717) is 16.5 Å². The lowest BCUT2D eigenvalue weighted by molar-refractivity contribution is 0.880. The van der Waals surface area contributed by atoms with Gasteiger partial charge in [-0.2, -0.15) is 0 Å². The van der Waals surface area contributed by atoms with E-state index in [2.05, 4.69) is 58.7 Å². The SMILES string of the molecule is Cc1cc(Br)cc2c1cc(Cc1c(Cl)[c]ccc1Cl)n2C. The molecule has 21 heavy (non-hydrogen) atoms. The highest BCUT2D eigenvalue weighted by molar-refractivity contribution is 9.10. The topological polar surface area (TPSA) is 4.93 Å². The lowest BCUT2D eigenvalue weighted by atomic mass is 10.1. The van der Waals surface area contributed by atoms with Gasteiger partial charge in [-0.25, -0.2) is 0 Å². The molecule has 0 saturated heterocycles. The molecule has 0 N–H and O–H groups in total. The highest BCUT2D eigenvalue weighted by Crippen LogP contribution is 2.31. The Hall–Kier alpha value is -0.960. The van der Waals surface area contributed by atoms with Gasteiger partial charge in [-0.15, -0.1) is 0 Å². The molecule has 1 nitrogen and oxygen atoms in total. The lowest BCUT2D eigenvalue weighted by Gasteiger charge is -2.08. The lowest BCUT2D eigenvalue weighted by Crippen LogP contribution is -1.98. The summed E-state index contributed by atoms with van der Waals surface area (Å²) in [4.78, 5) is 0. The third-order valence-electron chi connectivity index (χ3n) is 3.78. The van der Waals surface area contributed by atoms with Crippen molar-refractivity contribution in [3.63, 3.8) is 0 Å². The molecule has 0 unspecified atom stereocenters. The van der Waals surface area contributed by atoms with E-state index in [0.717, 1.165) is 10.0 Å². The minimum Gasteiger partial charge on any atom is -0.347 e. The Bertz CT molecular complexity index is 816. The minimum absolute atomic E-state index is 0.589. The van der Waals surface area contributed by atoms with Crippen LogP contribution >= 0.6 is 39.1 Å². The molecule has 0 amide bonds. The van der Waals surface area contributed by atoms with Crippen LogP contribution in [-0.4, -0.2) is 4.57 Å². The summed E-state index contributed by atoms with van der Waals surface area (Å²) in [6.45, 7) is 2.12. The fourth-order valence-electron chi connectivity index (χ4n) is 2.61. The van der Waals surface area contributed by atoms with Gasteiger partial charge in [-0.1, -0.05) is 45.2 Å². The van der Waals surface area contributed by atoms with Crippen molar-refractivity contribution < 1.29 is 0 Å². The molecule has 0 aliphatic heterocycles. The summed E-state index contributed by atoms with van der Waals surface area (Å²) in [7, 11) is 2.07. The van der Waals surface area contributed by atoms with Crippen LogP contribution in [0.2, 0.25) is 10.0 Å². The zero-order valence-electron chi connectivity index (χ0n) is 11.7. The zero-order chi connectivity index (χ0) is 15.1. The van der Waals surface area contributed by atoms with E-state index in [4.69, 9.17) is 23.2 Å². The van der Waals surface area contributed by atoms with E-state index in [-0.39, 0.29) is 0 Å². The predicted octanol–water partition coefficient (Wildman–Crippen LogP) is 5.95. The van der Waals surface area contributed by atoms with Crippen LogP contribution in [0.4, 0.5) is 0 Å².